The van der Waals surface area contributed by atoms with Crippen molar-refractivity contribution in [2.45, 2.75) is 6.18 Å². The molecule has 0 saturated heterocycles. The van der Waals surface area contributed by atoms with E-state index in [0.717, 1.165) is 12.1 Å². The van der Waals surface area contributed by atoms with E-state index in [0.29, 0.717) is 11.1 Å². The van der Waals surface area contributed by atoms with Crippen molar-refractivity contribution in [3.05, 3.63) is 47.5 Å². The van der Waals surface area contributed by atoms with E-state index in [-0.39, 0.29) is 34.5 Å². The number of hydrogen-bond acceptors (Lipinski definition) is 7. The van der Waals surface area contributed by atoms with Crippen LogP contribution in [-0.2, 0) is 6.18 Å². The average Bonchev–Trinajstić information content (AvgIpc) is 2.66. The molecule has 2 aromatic heterocycles. The van der Waals surface area contributed by atoms with Crippen molar-refractivity contribution in [1.82, 2.24) is 15.0 Å². The van der Waals surface area contributed by atoms with E-state index in [2.05, 4.69) is 15.0 Å². The Labute approximate surface area is 164 Å². The summed E-state index contributed by atoms with van der Waals surface area (Å²) in [7, 11) is 3.21. The average molecular weight is 399 g/mol. The molecule has 3 rings (SSSR count). The van der Waals surface area contributed by atoms with Gasteiger partial charge in [0.1, 0.15) is 23.3 Å². The topological polar surface area (TPSA) is 118 Å². The van der Waals surface area contributed by atoms with Crippen molar-refractivity contribution in [3.8, 4) is 28.6 Å². The maximum absolute atomic E-state index is 13.3. The van der Waals surface area contributed by atoms with Crippen LogP contribution in [0.4, 0.5) is 30.8 Å². The Morgan fingerprint density at radius 1 is 1.00 bits per heavy atom. The number of nitrogen functional groups attached to an aromatic ring is 2. The van der Waals surface area contributed by atoms with Gasteiger partial charge in [-0.25, -0.2) is 9.97 Å². The summed E-state index contributed by atoms with van der Waals surface area (Å²) in [6.45, 7) is 0. The molecule has 7 nitrogen and oxygen atoms in total. The van der Waals surface area contributed by atoms with E-state index in [1.165, 1.54) is 4.90 Å². The molecule has 0 fully saturated rings. The Balaban J connectivity index is 2.19. The molecular weight excluding hydrogens is 383 g/mol. The van der Waals surface area contributed by atoms with Crippen LogP contribution in [0.25, 0.3) is 22.5 Å². The highest BCUT2D eigenvalue weighted by Crippen LogP contribution is 2.35. The Kier molecular flexibility index (Phi) is 4.99. The molecule has 1 aromatic carbocycles. The second-order valence-electron chi connectivity index (χ2n) is 6.37. The third-order valence-electron chi connectivity index (χ3n) is 4.10. The molecule has 148 valence electrons. The lowest BCUT2D eigenvalue weighted by atomic mass is 10.0. The van der Waals surface area contributed by atoms with E-state index in [1.807, 2.05) is 6.07 Å². The number of nitrogens with two attached hydrogens (primary N) is 2. The number of aromatic nitrogens is 3. The first-order valence-corrected chi connectivity index (χ1v) is 8.30. The predicted molar refractivity (Wildman–Crippen MR) is 104 cm³/mol. The zero-order valence-corrected chi connectivity index (χ0v) is 15.5. The molecule has 0 aliphatic rings. The van der Waals surface area contributed by atoms with Gasteiger partial charge in [-0.2, -0.15) is 23.4 Å². The first kappa shape index (κ1) is 19.9. The van der Waals surface area contributed by atoms with Gasteiger partial charge in [0, 0.05) is 25.2 Å². The van der Waals surface area contributed by atoms with Crippen molar-refractivity contribution >= 4 is 17.6 Å². The zero-order chi connectivity index (χ0) is 21.3. The minimum absolute atomic E-state index is 0.0299. The molecule has 0 aliphatic heterocycles. The number of anilines is 3. The number of pyridine rings is 1. The van der Waals surface area contributed by atoms with Gasteiger partial charge in [-0.05, 0) is 18.2 Å². The molecular formula is C19H16F3N7. The van der Waals surface area contributed by atoms with E-state index < -0.39 is 11.7 Å². The van der Waals surface area contributed by atoms with Crippen molar-refractivity contribution in [3.63, 3.8) is 0 Å². The molecule has 4 N–H and O–H groups in total. The normalized spacial score (nSPS) is 11.2. The van der Waals surface area contributed by atoms with Crippen LogP contribution in [-0.4, -0.2) is 29.0 Å². The molecule has 0 aliphatic carbocycles. The molecule has 0 amide bonds. The lowest BCUT2D eigenvalue weighted by Gasteiger charge is -2.16. The molecule has 0 bridgehead atoms. The maximum Gasteiger partial charge on any atom is 0.416 e. The summed E-state index contributed by atoms with van der Waals surface area (Å²) in [4.78, 5) is 13.6. The fourth-order valence-corrected chi connectivity index (χ4v) is 2.70. The predicted octanol–water partition coefficient (Wildman–Crippen LogP) is 3.33. The van der Waals surface area contributed by atoms with Crippen LogP contribution in [0.15, 0.2) is 36.4 Å². The van der Waals surface area contributed by atoms with E-state index in [1.54, 1.807) is 38.4 Å². The Morgan fingerprint density at radius 3 is 2.31 bits per heavy atom. The summed E-state index contributed by atoms with van der Waals surface area (Å²) < 4.78 is 40.0. The van der Waals surface area contributed by atoms with Crippen LogP contribution < -0.4 is 16.4 Å². The zero-order valence-electron chi connectivity index (χ0n) is 15.5. The first-order chi connectivity index (χ1) is 13.6. The molecule has 0 saturated carbocycles. The SMILES string of the molecule is CN(C)c1cc(C(F)(F)F)cc(-c2cccc(-c3nc(N)nc(N)c3C#N)c2)n1. The van der Waals surface area contributed by atoms with Crippen LogP contribution in [0, 0.1) is 11.3 Å². The molecule has 0 atom stereocenters. The van der Waals surface area contributed by atoms with Crippen LogP contribution >= 0.6 is 0 Å². The van der Waals surface area contributed by atoms with Crippen molar-refractivity contribution in [1.29, 1.82) is 5.26 Å². The number of alkyl halides is 3. The van der Waals surface area contributed by atoms with E-state index >= 15 is 0 Å². The fourth-order valence-electron chi connectivity index (χ4n) is 2.70. The number of halogens is 3. The van der Waals surface area contributed by atoms with Gasteiger partial charge in [-0.15, -0.1) is 0 Å². The lowest BCUT2D eigenvalue weighted by molar-refractivity contribution is -0.137. The van der Waals surface area contributed by atoms with Gasteiger partial charge in [-0.1, -0.05) is 18.2 Å². The minimum Gasteiger partial charge on any atom is -0.382 e. The summed E-state index contributed by atoms with van der Waals surface area (Å²) in [6.07, 6.45) is -4.52. The third-order valence-corrected chi connectivity index (χ3v) is 4.10. The quantitative estimate of drug-likeness (QED) is 0.693. The van der Waals surface area contributed by atoms with Gasteiger partial charge >= 0.3 is 6.18 Å². The molecule has 0 radical (unpaired) electrons. The van der Waals surface area contributed by atoms with Gasteiger partial charge in [0.25, 0.3) is 0 Å². The van der Waals surface area contributed by atoms with Crippen molar-refractivity contribution in [2.24, 2.45) is 0 Å². The minimum atomic E-state index is -4.52. The number of benzene rings is 1. The summed E-state index contributed by atoms with van der Waals surface area (Å²) >= 11 is 0. The van der Waals surface area contributed by atoms with E-state index in [4.69, 9.17) is 11.5 Å². The van der Waals surface area contributed by atoms with Gasteiger partial charge in [0.15, 0.2) is 0 Å². The van der Waals surface area contributed by atoms with E-state index in [9.17, 15) is 18.4 Å². The number of rotatable bonds is 3. The molecule has 2 heterocycles. The van der Waals surface area contributed by atoms with Crippen LogP contribution in [0.5, 0.6) is 0 Å². The maximum atomic E-state index is 13.3. The molecule has 29 heavy (non-hydrogen) atoms. The van der Waals surface area contributed by atoms with Gasteiger partial charge < -0.3 is 16.4 Å². The lowest BCUT2D eigenvalue weighted by Crippen LogP contribution is -2.14. The summed E-state index contributed by atoms with van der Waals surface area (Å²) in [5.41, 5.74) is 11.8. The van der Waals surface area contributed by atoms with Gasteiger partial charge in [-0.3, -0.25) is 0 Å². The Bertz CT molecular complexity index is 1120. The van der Waals surface area contributed by atoms with Crippen LogP contribution in [0.2, 0.25) is 0 Å². The summed E-state index contributed by atoms with van der Waals surface area (Å²) in [5.74, 6) is -0.0325. The standard InChI is InChI=1S/C19H16F3N7/c1-29(2)15-8-12(19(20,21)22)7-14(26-15)10-4-3-5-11(6-10)16-13(9-23)17(24)28-18(25)27-16/h3-8H,1-2H3,(H4,24,25,27,28). The van der Waals surface area contributed by atoms with Crippen molar-refractivity contribution < 1.29 is 13.2 Å². The second-order valence-corrected chi connectivity index (χ2v) is 6.37. The fraction of sp³-hybridized carbons (Fsp3) is 0.158. The Morgan fingerprint density at radius 2 is 1.69 bits per heavy atom. The Hall–Kier alpha value is -3.87. The molecule has 10 heteroatoms. The summed E-state index contributed by atoms with van der Waals surface area (Å²) in [5, 5.41) is 9.37. The highest BCUT2D eigenvalue weighted by Gasteiger charge is 2.32. The largest absolute Gasteiger partial charge is 0.416 e. The van der Waals surface area contributed by atoms with Crippen LogP contribution in [0.3, 0.4) is 0 Å². The number of hydrogen-bond donors (Lipinski definition) is 2. The van der Waals surface area contributed by atoms with Gasteiger partial charge in [0.2, 0.25) is 5.95 Å². The second kappa shape index (κ2) is 7.27. The van der Waals surface area contributed by atoms with Gasteiger partial charge in [0.05, 0.1) is 17.0 Å². The van der Waals surface area contributed by atoms with Crippen molar-refractivity contribution in [2.75, 3.05) is 30.5 Å². The number of nitriles is 1. The number of nitrogens with zero attached hydrogens (tertiary/aromatic N) is 5. The first-order valence-electron chi connectivity index (χ1n) is 8.30. The summed E-state index contributed by atoms with van der Waals surface area (Å²) in [6, 6.07) is 10.3. The smallest absolute Gasteiger partial charge is 0.382 e. The molecule has 0 unspecified atom stereocenters. The highest BCUT2D eigenvalue weighted by molar-refractivity contribution is 5.77. The third kappa shape index (κ3) is 4.03. The van der Waals surface area contributed by atoms with Crippen LogP contribution in [0.1, 0.15) is 11.1 Å². The molecule has 3 aromatic rings. The highest BCUT2D eigenvalue weighted by atomic mass is 19.4. The molecule has 0 spiro atoms. The monoisotopic (exact) mass is 399 g/mol.